The molecule has 0 fully saturated rings. The van der Waals surface area contributed by atoms with Crippen molar-refractivity contribution >= 4 is 17.1 Å². The van der Waals surface area contributed by atoms with Crippen LogP contribution >= 0.6 is 11.3 Å². The van der Waals surface area contributed by atoms with Crippen LogP contribution in [0.2, 0.25) is 0 Å². The summed E-state index contributed by atoms with van der Waals surface area (Å²) < 4.78 is 0. The Morgan fingerprint density at radius 3 is 2.60 bits per heavy atom. The smallest absolute Gasteiger partial charge is 0.172 e. The van der Waals surface area contributed by atoms with Crippen molar-refractivity contribution in [3.63, 3.8) is 0 Å². The van der Waals surface area contributed by atoms with Gasteiger partial charge in [0.2, 0.25) is 0 Å². The van der Waals surface area contributed by atoms with Crippen molar-refractivity contribution in [3.8, 4) is 0 Å². The zero-order valence-corrected chi connectivity index (χ0v) is 13.2. The molecule has 0 aliphatic rings. The van der Waals surface area contributed by atoms with Gasteiger partial charge in [0.1, 0.15) is 0 Å². The van der Waals surface area contributed by atoms with E-state index < -0.39 is 0 Å². The highest BCUT2D eigenvalue weighted by atomic mass is 32.1. The van der Waals surface area contributed by atoms with Crippen LogP contribution in [0.4, 0.5) is 0 Å². The quantitative estimate of drug-likeness (QED) is 0.749. The van der Waals surface area contributed by atoms with Crippen LogP contribution < -0.4 is 0 Å². The van der Waals surface area contributed by atoms with Gasteiger partial charge in [-0.3, -0.25) is 9.78 Å². The lowest BCUT2D eigenvalue weighted by Crippen LogP contribution is -2.07. The molecule has 0 N–H and O–H groups in total. The number of pyridine rings is 1. The second-order valence-corrected chi connectivity index (χ2v) is 7.10. The average molecular weight is 287 g/mol. The van der Waals surface area contributed by atoms with Gasteiger partial charge < -0.3 is 0 Å². The highest BCUT2D eigenvalue weighted by Crippen LogP contribution is 2.30. The van der Waals surface area contributed by atoms with Crippen molar-refractivity contribution in [2.24, 2.45) is 0 Å². The molecule has 2 heterocycles. The van der Waals surface area contributed by atoms with Crippen LogP contribution in [0.3, 0.4) is 0 Å². The molecule has 0 spiro atoms. The minimum atomic E-state index is 0.122. The van der Waals surface area contributed by atoms with Crippen LogP contribution in [0.15, 0.2) is 36.5 Å². The zero-order chi connectivity index (χ0) is 14.6. The molecule has 2 aromatic rings. The van der Waals surface area contributed by atoms with Crippen LogP contribution in [0, 0.1) is 0 Å². The molecule has 0 aromatic carbocycles. The van der Waals surface area contributed by atoms with Crippen molar-refractivity contribution in [1.29, 1.82) is 0 Å². The van der Waals surface area contributed by atoms with Gasteiger partial charge in [-0.15, -0.1) is 11.3 Å². The first-order valence-electron chi connectivity index (χ1n) is 7.00. The third-order valence-corrected chi connectivity index (χ3v) is 4.73. The molecule has 106 valence electrons. The van der Waals surface area contributed by atoms with Gasteiger partial charge >= 0.3 is 0 Å². The van der Waals surface area contributed by atoms with Crippen molar-refractivity contribution in [2.75, 3.05) is 0 Å². The molecule has 2 nitrogen and oxygen atoms in total. The second-order valence-electron chi connectivity index (χ2n) is 6.01. The molecule has 3 heteroatoms. The number of aromatic nitrogens is 1. The molecular weight excluding hydrogens is 266 g/mol. The molecule has 0 saturated carbocycles. The molecule has 2 rings (SSSR count). The molecule has 0 atom stereocenters. The van der Waals surface area contributed by atoms with Gasteiger partial charge in [0.05, 0.1) is 4.88 Å². The normalized spacial score (nSPS) is 11.6. The lowest BCUT2D eigenvalue weighted by atomic mass is 9.95. The Morgan fingerprint density at radius 1 is 1.20 bits per heavy atom. The van der Waals surface area contributed by atoms with E-state index in [0.717, 1.165) is 23.4 Å². The maximum Gasteiger partial charge on any atom is 0.172 e. The number of thiophene rings is 1. The van der Waals surface area contributed by atoms with E-state index in [1.807, 2.05) is 24.3 Å². The van der Waals surface area contributed by atoms with Gasteiger partial charge in [-0.1, -0.05) is 26.8 Å². The summed E-state index contributed by atoms with van der Waals surface area (Å²) >= 11 is 1.63. The molecule has 0 aliphatic heterocycles. The summed E-state index contributed by atoms with van der Waals surface area (Å²) in [7, 11) is 0. The number of carbonyl (C=O) groups excluding carboxylic acids is 1. The number of hydrogen-bond donors (Lipinski definition) is 0. The molecule has 20 heavy (non-hydrogen) atoms. The minimum Gasteiger partial charge on any atom is -0.293 e. The fraction of sp³-hybridized carbons (Fsp3) is 0.412. The largest absolute Gasteiger partial charge is 0.293 e. The van der Waals surface area contributed by atoms with E-state index in [4.69, 9.17) is 0 Å². The summed E-state index contributed by atoms with van der Waals surface area (Å²) in [5.41, 5.74) is 1.18. The number of rotatable bonds is 5. The van der Waals surface area contributed by atoms with E-state index in [9.17, 15) is 4.79 Å². The first kappa shape index (κ1) is 14.9. The standard InChI is InChI=1S/C17H21NOS/c1-17(2,3)16-11-10-15(20-16)14(19)9-6-8-13-7-4-5-12-18-13/h4-5,7,10-12H,6,8-9H2,1-3H3. The third kappa shape index (κ3) is 4.01. The Hall–Kier alpha value is -1.48. The van der Waals surface area contributed by atoms with E-state index in [1.165, 1.54) is 4.88 Å². The van der Waals surface area contributed by atoms with Gasteiger partial charge in [0.15, 0.2) is 5.78 Å². The summed E-state index contributed by atoms with van der Waals surface area (Å²) in [5, 5.41) is 0. The van der Waals surface area contributed by atoms with Crippen LogP contribution in [-0.4, -0.2) is 10.8 Å². The molecule has 0 amide bonds. The molecule has 0 aliphatic carbocycles. The molecule has 0 saturated heterocycles. The van der Waals surface area contributed by atoms with E-state index in [-0.39, 0.29) is 11.2 Å². The fourth-order valence-electron chi connectivity index (χ4n) is 1.99. The number of aryl methyl sites for hydroxylation is 1. The predicted molar refractivity (Wildman–Crippen MR) is 84.5 cm³/mol. The Balaban J connectivity index is 1.88. The Kier molecular flexibility index (Phi) is 4.71. The highest BCUT2D eigenvalue weighted by molar-refractivity contribution is 7.14. The summed E-state index contributed by atoms with van der Waals surface area (Å²) in [6.45, 7) is 6.52. The lowest BCUT2D eigenvalue weighted by molar-refractivity contribution is 0.0984. The Morgan fingerprint density at radius 2 is 2.00 bits per heavy atom. The predicted octanol–water partition coefficient (Wildman–Crippen LogP) is 4.65. The molecule has 2 aromatic heterocycles. The molecule has 0 unspecified atom stereocenters. The number of hydrogen-bond acceptors (Lipinski definition) is 3. The Labute approximate surface area is 124 Å². The van der Waals surface area contributed by atoms with Gasteiger partial charge in [-0.25, -0.2) is 0 Å². The number of ketones is 1. The topological polar surface area (TPSA) is 30.0 Å². The summed E-state index contributed by atoms with van der Waals surface area (Å²) in [6.07, 6.45) is 4.12. The van der Waals surface area contributed by atoms with E-state index in [1.54, 1.807) is 17.5 Å². The van der Waals surface area contributed by atoms with Crippen LogP contribution in [-0.2, 0) is 11.8 Å². The number of nitrogens with zero attached hydrogens (tertiary/aromatic N) is 1. The van der Waals surface area contributed by atoms with Gasteiger partial charge in [0.25, 0.3) is 0 Å². The number of Topliss-reactive ketones (excluding diaryl/α,β-unsaturated/α-hetero) is 1. The Bertz CT molecular complexity index is 566. The number of carbonyl (C=O) groups is 1. The summed E-state index contributed by atoms with van der Waals surface area (Å²) in [5.74, 6) is 0.251. The average Bonchev–Trinajstić information content (AvgIpc) is 2.89. The van der Waals surface area contributed by atoms with Crippen molar-refractivity contribution in [3.05, 3.63) is 52.0 Å². The van der Waals surface area contributed by atoms with E-state index >= 15 is 0 Å². The first-order valence-corrected chi connectivity index (χ1v) is 7.82. The monoisotopic (exact) mass is 287 g/mol. The fourth-order valence-corrected chi connectivity index (χ4v) is 3.02. The van der Waals surface area contributed by atoms with Crippen molar-refractivity contribution in [2.45, 2.75) is 45.4 Å². The van der Waals surface area contributed by atoms with Crippen molar-refractivity contribution in [1.82, 2.24) is 4.98 Å². The first-order chi connectivity index (χ1) is 9.47. The zero-order valence-electron chi connectivity index (χ0n) is 12.3. The highest BCUT2D eigenvalue weighted by Gasteiger charge is 2.18. The minimum absolute atomic E-state index is 0.122. The molecular formula is C17H21NOS. The molecule has 0 bridgehead atoms. The van der Waals surface area contributed by atoms with Crippen LogP contribution in [0.25, 0.3) is 0 Å². The van der Waals surface area contributed by atoms with Gasteiger partial charge in [-0.2, -0.15) is 0 Å². The van der Waals surface area contributed by atoms with Crippen molar-refractivity contribution < 1.29 is 4.79 Å². The van der Waals surface area contributed by atoms with Gasteiger partial charge in [-0.05, 0) is 42.5 Å². The third-order valence-electron chi connectivity index (χ3n) is 3.18. The summed E-state index contributed by atoms with van der Waals surface area (Å²) in [4.78, 5) is 18.6. The van der Waals surface area contributed by atoms with Crippen LogP contribution in [0.5, 0.6) is 0 Å². The van der Waals surface area contributed by atoms with E-state index in [2.05, 4.69) is 31.8 Å². The maximum absolute atomic E-state index is 12.2. The van der Waals surface area contributed by atoms with Gasteiger partial charge in [0, 0.05) is 23.2 Å². The van der Waals surface area contributed by atoms with E-state index in [0.29, 0.717) is 6.42 Å². The van der Waals surface area contributed by atoms with Crippen LogP contribution in [0.1, 0.15) is 53.9 Å². The maximum atomic E-state index is 12.2. The summed E-state index contributed by atoms with van der Waals surface area (Å²) in [6, 6.07) is 9.95. The molecule has 0 radical (unpaired) electrons. The SMILES string of the molecule is CC(C)(C)c1ccc(C(=O)CCCc2ccccn2)s1. The second kappa shape index (κ2) is 6.31. The lowest BCUT2D eigenvalue weighted by Gasteiger charge is -2.15.